The molecule has 21 heavy (non-hydrogen) atoms. The summed E-state index contributed by atoms with van der Waals surface area (Å²) in [5.41, 5.74) is 8.04. The van der Waals surface area contributed by atoms with Gasteiger partial charge in [-0.15, -0.1) is 0 Å². The first-order chi connectivity index (χ1) is 10.0. The molecule has 2 aromatic rings. The number of halogens is 1. The van der Waals surface area contributed by atoms with Crippen LogP contribution < -0.4 is 11.3 Å². The van der Waals surface area contributed by atoms with Gasteiger partial charge in [-0.3, -0.25) is 11.3 Å². The van der Waals surface area contributed by atoms with Gasteiger partial charge >= 0.3 is 0 Å². The van der Waals surface area contributed by atoms with Gasteiger partial charge in [0.05, 0.1) is 0 Å². The molecule has 0 amide bonds. The van der Waals surface area contributed by atoms with E-state index in [9.17, 15) is 0 Å². The van der Waals surface area contributed by atoms with Crippen LogP contribution in [0.4, 0.5) is 0 Å². The van der Waals surface area contributed by atoms with Gasteiger partial charge in [0.1, 0.15) is 0 Å². The number of rotatable bonds is 5. The Morgan fingerprint density at radius 3 is 2.19 bits per heavy atom. The lowest BCUT2D eigenvalue weighted by Crippen LogP contribution is -2.29. The van der Waals surface area contributed by atoms with Crippen molar-refractivity contribution in [3.8, 4) is 0 Å². The molecule has 0 radical (unpaired) electrons. The molecule has 2 aromatic carbocycles. The Kier molecular flexibility index (Phi) is 5.57. The first kappa shape index (κ1) is 16.2. The summed E-state index contributed by atoms with van der Waals surface area (Å²) in [6.07, 6.45) is 0.885. The molecule has 0 bridgehead atoms. The van der Waals surface area contributed by atoms with Crippen molar-refractivity contribution in [2.45, 2.75) is 39.2 Å². The number of nitrogens with two attached hydrogens (primary N) is 1. The van der Waals surface area contributed by atoms with Crippen molar-refractivity contribution in [3.05, 3.63) is 69.2 Å². The van der Waals surface area contributed by atoms with Crippen LogP contribution in [0.2, 0.25) is 0 Å². The highest BCUT2D eigenvalue weighted by molar-refractivity contribution is 9.10. The number of benzene rings is 2. The van der Waals surface area contributed by atoms with E-state index in [-0.39, 0.29) is 6.04 Å². The lowest BCUT2D eigenvalue weighted by atomic mass is 9.96. The van der Waals surface area contributed by atoms with Crippen molar-refractivity contribution >= 4 is 15.9 Å². The fourth-order valence-corrected chi connectivity index (χ4v) is 2.68. The average Bonchev–Trinajstić information content (AvgIpc) is 2.48. The fourth-order valence-electron chi connectivity index (χ4n) is 2.43. The van der Waals surface area contributed by atoms with Gasteiger partial charge in [0.15, 0.2) is 0 Å². The zero-order chi connectivity index (χ0) is 15.4. The molecule has 2 rings (SSSR count). The molecule has 0 fully saturated rings. The van der Waals surface area contributed by atoms with Gasteiger partial charge in [-0.1, -0.05) is 66.2 Å². The van der Waals surface area contributed by atoms with Crippen LogP contribution in [0, 0.1) is 6.92 Å². The van der Waals surface area contributed by atoms with E-state index >= 15 is 0 Å². The van der Waals surface area contributed by atoms with Crippen molar-refractivity contribution in [1.29, 1.82) is 0 Å². The fraction of sp³-hybridized carbons (Fsp3) is 0.333. The predicted octanol–water partition coefficient (Wildman–Crippen LogP) is 4.63. The highest BCUT2D eigenvalue weighted by atomic mass is 79.9. The van der Waals surface area contributed by atoms with Crippen molar-refractivity contribution in [1.82, 2.24) is 5.43 Å². The largest absolute Gasteiger partial charge is 0.271 e. The van der Waals surface area contributed by atoms with Crippen LogP contribution in [-0.4, -0.2) is 0 Å². The van der Waals surface area contributed by atoms with Gasteiger partial charge in [0.2, 0.25) is 0 Å². The van der Waals surface area contributed by atoms with Crippen LogP contribution in [0.25, 0.3) is 0 Å². The summed E-state index contributed by atoms with van der Waals surface area (Å²) in [5, 5.41) is 0. The molecule has 0 aliphatic rings. The summed E-state index contributed by atoms with van der Waals surface area (Å²) in [4.78, 5) is 0. The minimum atomic E-state index is 0.127. The maximum atomic E-state index is 5.76. The predicted molar refractivity (Wildman–Crippen MR) is 93.2 cm³/mol. The third-order valence-corrected chi connectivity index (χ3v) is 4.76. The van der Waals surface area contributed by atoms with Gasteiger partial charge in [-0.2, -0.15) is 0 Å². The smallest absolute Gasteiger partial charge is 0.0500 e. The zero-order valence-electron chi connectivity index (χ0n) is 12.9. The summed E-state index contributed by atoms with van der Waals surface area (Å²) >= 11 is 3.54. The third kappa shape index (κ3) is 4.16. The molecule has 1 unspecified atom stereocenters. The molecule has 3 N–H and O–H groups in total. The number of nitrogens with one attached hydrogen (secondary N) is 1. The molecule has 3 heteroatoms. The molecule has 1 atom stereocenters. The molecule has 0 aliphatic heterocycles. The molecule has 0 aliphatic carbocycles. The maximum Gasteiger partial charge on any atom is 0.0500 e. The molecule has 0 spiro atoms. The van der Waals surface area contributed by atoms with E-state index in [0.29, 0.717) is 5.92 Å². The number of hydrogen-bond donors (Lipinski definition) is 2. The van der Waals surface area contributed by atoms with Crippen LogP contribution in [0.15, 0.2) is 46.9 Å². The third-order valence-electron chi connectivity index (χ3n) is 3.87. The van der Waals surface area contributed by atoms with Crippen LogP contribution >= 0.6 is 15.9 Å². The maximum absolute atomic E-state index is 5.76. The minimum Gasteiger partial charge on any atom is -0.271 e. The molecule has 0 saturated heterocycles. The Balaban J connectivity index is 2.16. The minimum absolute atomic E-state index is 0.127. The van der Waals surface area contributed by atoms with Crippen LogP contribution in [0.5, 0.6) is 0 Å². The first-order valence-corrected chi connectivity index (χ1v) is 8.11. The second kappa shape index (κ2) is 7.21. The number of hydrogen-bond acceptors (Lipinski definition) is 2. The van der Waals surface area contributed by atoms with Crippen LogP contribution in [-0.2, 0) is 6.42 Å². The van der Waals surface area contributed by atoms with E-state index < -0.39 is 0 Å². The van der Waals surface area contributed by atoms with Gasteiger partial charge in [-0.05, 0) is 47.6 Å². The van der Waals surface area contributed by atoms with E-state index in [0.717, 1.165) is 10.9 Å². The molecule has 0 aromatic heterocycles. The molecular weight excluding hydrogens is 324 g/mol. The lowest BCUT2D eigenvalue weighted by Gasteiger charge is -2.18. The first-order valence-electron chi connectivity index (χ1n) is 7.32. The van der Waals surface area contributed by atoms with Crippen LogP contribution in [0.1, 0.15) is 48.1 Å². The number of hydrazine groups is 1. The molecule has 112 valence electrons. The Morgan fingerprint density at radius 2 is 1.67 bits per heavy atom. The van der Waals surface area contributed by atoms with E-state index in [2.05, 4.69) is 84.6 Å². The van der Waals surface area contributed by atoms with Crippen LogP contribution in [0.3, 0.4) is 0 Å². The molecular formula is C18H23BrN2. The summed E-state index contributed by atoms with van der Waals surface area (Å²) in [6.45, 7) is 6.52. The highest BCUT2D eigenvalue weighted by Crippen LogP contribution is 2.24. The topological polar surface area (TPSA) is 38.0 Å². The summed E-state index contributed by atoms with van der Waals surface area (Å²) in [7, 11) is 0. The van der Waals surface area contributed by atoms with Crippen molar-refractivity contribution in [2.24, 2.45) is 5.84 Å². The summed E-state index contributed by atoms with van der Waals surface area (Å²) in [6, 6.07) is 15.3. The zero-order valence-corrected chi connectivity index (χ0v) is 14.4. The number of aryl methyl sites for hydroxylation is 1. The van der Waals surface area contributed by atoms with Gasteiger partial charge in [-0.25, -0.2) is 0 Å². The summed E-state index contributed by atoms with van der Waals surface area (Å²) in [5.74, 6) is 6.32. The standard InChI is InChI=1S/C18H23BrN2/c1-12(2)15-6-4-14(5-7-15)11-18(21-20)16-8-9-17(19)13(3)10-16/h4-10,12,18,21H,11,20H2,1-3H3. The van der Waals surface area contributed by atoms with Gasteiger partial charge < -0.3 is 0 Å². The lowest BCUT2D eigenvalue weighted by molar-refractivity contribution is 0.551. The van der Waals surface area contributed by atoms with Crippen molar-refractivity contribution in [3.63, 3.8) is 0 Å². The SMILES string of the molecule is Cc1cc(C(Cc2ccc(C(C)C)cc2)NN)ccc1Br. The van der Waals surface area contributed by atoms with E-state index in [4.69, 9.17) is 5.84 Å². The van der Waals surface area contributed by atoms with Crippen molar-refractivity contribution < 1.29 is 0 Å². The van der Waals surface area contributed by atoms with Gasteiger partial charge in [0, 0.05) is 10.5 Å². The quantitative estimate of drug-likeness (QED) is 0.611. The molecule has 0 heterocycles. The van der Waals surface area contributed by atoms with Crippen molar-refractivity contribution in [2.75, 3.05) is 0 Å². The highest BCUT2D eigenvalue weighted by Gasteiger charge is 2.12. The molecule has 0 saturated carbocycles. The van der Waals surface area contributed by atoms with E-state index in [1.165, 1.54) is 22.3 Å². The Labute approximate surface area is 135 Å². The second-order valence-corrected chi connectivity index (χ2v) is 6.68. The monoisotopic (exact) mass is 346 g/mol. The Bertz CT molecular complexity index is 591. The second-order valence-electron chi connectivity index (χ2n) is 5.83. The Morgan fingerprint density at radius 1 is 1.05 bits per heavy atom. The van der Waals surface area contributed by atoms with E-state index in [1.54, 1.807) is 0 Å². The average molecular weight is 347 g/mol. The Hall–Kier alpha value is -1.16. The molecule has 2 nitrogen and oxygen atoms in total. The van der Waals surface area contributed by atoms with E-state index in [1.807, 2.05) is 0 Å². The normalized spacial score (nSPS) is 12.7. The summed E-state index contributed by atoms with van der Waals surface area (Å²) < 4.78 is 1.13. The van der Waals surface area contributed by atoms with Gasteiger partial charge in [0.25, 0.3) is 0 Å².